The number of hydrogen-bond acceptors (Lipinski definition) is 7. The zero-order valence-corrected chi connectivity index (χ0v) is 23.9. The molecule has 0 amide bonds. The Balaban J connectivity index is 1.53. The van der Waals surface area contributed by atoms with E-state index in [9.17, 15) is 9.59 Å². The van der Waals surface area contributed by atoms with Crippen molar-refractivity contribution in [2.24, 2.45) is 0 Å². The summed E-state index contributed by atoms with van der Waals surface area (Å²) in [5.41, 5.74) is 4.61. The quantitative estimate of drug-likeness (QED) is 0.388. The molecule has 2 aliphatic carbocycles. The van der Waals surface area contributed by atoms with Gasteiger partial charge in [0, 0.05) is 29.3 Å². The number of Topliss-reactive ketones (excluding diaryl/α,β-unsaturated/α-hetero) is 1. The van der Waals surface area contributed by atoms with Gasteiger partial charge in [-0.3, -0.25) is 4.79 Å². The summed E-state index contributed by atoms with van der Waals surface area (Å²) >= 11 is 0. The summed E-state index contributed by atoms with van der Waals surface area (Å²) in [6.45, 7) is 4.37. The minimum absolute atomic E-state index is 0.0239. The van der Waals surface area contributed by atoms with Crippen LogP contribution in [0.1, 0.15) is 81.8 Å². The molecule has 1 fully saturated rings. The second-order valence-corrected chi connectivity index (χ2v) is 10.8. The van der Waals surface area contributed by atoms with Gasteiger partial charge in [-0.2, -0.15) is 0 Å². The lowest BCUT2D eigenvalue weighted by Gasteiger charge is -2.37. The number of allylic oxidation sites excluding steroid dienone is 3. The summed E-state index contributed by atoms with van der Waals surface area (Å²) in [6.07, 6.45) is 5.98. The van der Waals surface area contributed by atoms with E-state index in [1.807, 2.05) is 56.3 Å². The lowest BCUT2D eigenvalue weighted by Crippen LogP contribution is -2.37. The van der Waals surface area contributed by atoms with Gasteiger partial charge in [-0.05, 0) is 87.3 Å². The van der Waals surface area contributed by atoms with Crippen molar-refractivity contribution in [2.75, 3.05) is 20.8 Å². The highest BCUT2D eigenvalue weighted by Crippen LogP contribution is 2.47. The van der Waals surface area contributed by atoms with E-state index in [1.165, 1.54) is 6.42 Å². The second-order valence-electron chi connectivity index (χ2n) is 10.8. The summed E-state index contributed by atoms with van der Waals surface area (Å²) in [6, 6.07) is 13.5. The van der Waals surface area contributed by atoms with Crippen molar-refractivity contribution in [3.63, 3.8) is 0 Å². The molecule has 40 heavy (non-hydrogen) atoms. The van der Waals surface area contributed by atoms with E-state index in [1.54, 1.807) is 14.2 Å². The van der Waals surface area contributed by atoms with Crippen LogP contribution in [-0.2, 0) is 14.3 Å². The van der Waals surface area contributed by atoms with Gasteiger partial charge in [0.1, 0.15) is 11.9 Å². The molecule has 1 N–H and O–H groups in total. The van der Waals surface area contributed by atoms with Gasteiger partial charge in [0.2, 0.25) is 0 Å². The molecule has 212 valence electrons. The SMILES string of the molecule is CCOc1cccc([C@@H]2C(C(=O)OC3CCCCC3)=C(C)NC3=C2C(=O)C[C@H](c2ccc(OC)c(OC)c2)C3)c1. The van der Waals surface area contributed by atoms with Gasteiger partial charge in [-0.1, -0.05) is 24.6 Å². The highest BCUT2D eigenvalue weighted by Gasteiger charge is 2.42. The number of ether oxygens (including phenoxy) is 4. The van der Waals surface area contributed by atoms with Gasteiger partial charge in [0.15, 0.2) is 17.3 Å². The monoisotopic (exact) mass is 545 g/mol. The topological polar surface area (TPSA) is 83.1 Å². The first-order valence-corrected chi connectivity index (χ1v) is 14.3. The van der Waals surface area contributed by atoms with E-state index in [0.29, 0.717) is 47.8 Å². The first kappa shape index (κ1) is 27.8. The van der Waals surface area contributed by atoms with Crippen LogP contribution < -0.4 is 19.5 Å². The molecular weight excluding hydrogens is 506 g/mol. The maximum Gasteiger partial charge on any atom is 0.337 e. The maximum atomic E-state index is 14.0. The Bertz CT molecular complexity index is 1340. The van der Waals surface area contributed by atoms with Crippen LogP contribution in [-0.4, -0.2) is 38.7 Å². The molecule has 5 rings (SSSR count). The van der Waals surface area contributed by atoms with Crippen molar-refractivity contribution in [1.29, 1.82) is 0 Å². The Kier molecular flexibility index (Phi) is 8.48. The highest BCUT2D eigenvalue weighted by atomic mass is 16.5. The Morgan fingerprint density at radius 1 is 0.950 bits per heavy atom. The number of esters is 1. The van der Waals surface area contributed by atoms with Crippen molar-refractivity contribution in [3.8, 4) is 17.2 Å². The molecular formula is C33H39NO6. The lowest BCUT2D eigenvalue weighted by molar-refractivity contribution is -0.146. The molecule has 0 saturated heterocycles. The zero-order valence-electron chi connectivity index (χ0n) is 23.9. The van der Waals surface area contributed by atoms with Crippen LogP contribution in [0.4, 0.5) is 0 Å². The van der Waals surface area contributed by atoms with Crippen molar-refractivity contribution in [2.45, 2.75) is 76.7 Å². The molecule has 2 aromatic carbocycles. The molecule has 7 nitrogen and oxygen atoms in total. The molecule has 1 aliphatic heterocycles. The fraction of sp³-hybridized carbons (Fsp3) is 0.455. The third-order valence-electron chi connectivity index (χ3n) is 8.25. The largest absolute Gasteiger partial charge is 0.494 e. The predicted octanol–water partition coefficient (Wildman–Crippen LogP) is 6.34. The first-order chi connectivity index (χ1) is 19.4. The van der Waals surface area contributed by atoms with Crippen LogP contribution in [0.2, 0.25) is 0 Å². The van der Waals surface area contributed by atoms with Crippen molar-refractivity contribution < 1.29 is 28.5 Å². The smallest absolute Gasteiger partial charge is 0.337 e. The minimum Gasteiger partial charge on any atom is -0.494 e. The number of ketones is 1. The van der Waals surface area contributed by atoms with Crippen molar-refractivity contribution in [1.82, 2.24) is 5.32 Å². The summed E-state index contributed by atoms with van der Waals surface area (Å²) in [5.74, 6) is 1.13. The Hall–Kier alpha value is -3.74. The van der Waals surface area contributed by atoms with Crippen LogP contribution in [0.5, 0.6) is 17.2 Å². The Morgan fingerprint density at radius 2 is 1.73 bits per heavy atom. The number of carbonyl (C=O) groups excluding carboxylic acids is 2. The lowest BCUT2D eigenvalue weighted by atomic mass is 9.71. The van der Waals surface area contributed by atoms with E-state index in [2.05, 4.69) is 5.32 Å². The van der Waals surface area contributed by atoms with Gasteiger partial charge >= 0.3 is 5.97 Å². The fourth-order valence-electron chi connectivity index (χ4n) is 6.33. The average molecular weight is 546 g/mol. The molecule has 0 aromatic heterocycles. The van der Waals surface area contributed by atoms with Gasteiger partial charge in [-0.15, -0.1) is 0 Å². The Morgan fingerprint density at radius 3 is 2.45 bits per heavy atom. The second kappa shape index (κ2) is 12.2. The molecule has 2 atom stereocenters. The fourth-order valence-corrected chi connectivity index (χ4v) is 6.33. The molecule has 0 spiro atoms. The molecule has 7 heteroatoms. The van der Waals surface area contributed by atoms with E-state index >= 15 is 0 Å². The number of dihydropyridines is 1. The molecule has 1 saturated carbocycles. The molecule has 0 unspecified atom stereocenters. The minimum atomic E-state index is -0.522. The van der Waals surface area contributed by atoms with E-state index in [4.69, 9.17) is 18.9 Å². The highest BCUT2D eigenvalue weighted by molar-refractivity contribution is 6.04. The molecule has 1 heterocycles. The van der Waals surface area contributed by atoms with E-state index in [-0.39, 0.29) is 23.8 Å². The number of methoxy groups -OCH3 is 2. The van der Waals surface area contributed by atoms with Crippen LogP contribution in [0.3, 0.4) is 0 Å². The summed E-state index contributed by atoms with van der Waals surface area (Å²) < 4.78 is 22.8. The maximum absolute atomic E-state index is 14.0. The van der Waals surface area contributed by atoms with Gasteiger partial charge in [0.05, 0.1) is 26.4 Å². The van der Waals surface area contributed by atoms with Crippen molar-refractivity contribution >= 4 is 11.8 Å². The van der Waals surface area contributed by atoms with Crippen molar-refractivity contribution in [3.05, 3.63) is 76.1 Å². The Labute approximate surface area is 236 Å². The first-order valence-electron chi connectivity index (χ1n) is 14.3. The molecule has 3 aliphatic rings. The number of benzene rings is 2. The van der Waals surface area contributed by atoms with E-state index < -0.39 is 5.92 Å². The standard InChI is InChI=1S/C33H39NO6/c1-5-39-25-13-9-10-22(16-25)31-30(33(36)40-24-11-7-6-8-12-24)20(2)34-26-17-23(18-27(35)32(26)31)21-14-15-28(37-3)29(19-21)38-4/h9-10,13-16,19,23-24,31,34H,5-8,11-12,17-18H2,1-4H3/t23-,31-/m1/s1. The van der Waals surface area contributed by atoms with Gasteiger partial charge < -0.3 is 24.3 Å². The third kappa shape index (κ3) is 5.60. The van der Waals surface area contributed by atoms with Crippen LogP contribution >= 0.6 is 0 Å². The van der Waals surface area contributed by atoms with Gasteiger partial charge in [-0.25, -0.2) is 4.79 Å². The number of hydrogen-bond donors (Lipinski definition) is 1. The average Bonchev–Trinajstić information content (AvgIpc) is 2.96. The van der Waals surface area contributed by atoms with Crippen LogP contribution in [0, 0.1) is 0 Å². The van der Waals surface area contributed by atoms with E-state index in [0.717, 1.165) is 48.2 Å². The van der Waals surface area contributed by atoms with Crippen LogP contribution in [0.15, 0.2) is 65.0 Å². The number of nitrogens with one attached hydrogen (secondary N) is 1. The summed E-state index contributed by atoms with van der Waals surface area (Å²) in [7, 11) is 3.22. The van der Waals surface area contributed by atoms with Crippen LogP contribution in [0.25, 0.3) is 0 Å². The zero-order chi connectivity index (χ0) is 28.2. The summed E-state index contributed by atoms with van der Waals surface area (Å²) in [4.78, 5) is 27.7. The predicted molar refractivity (Wildman–Crippen MR) is 153 cm³/mol. The normalized spacial score (nSPS) is 21.4. The molecule has 2 aromatic rings. The number of rotatable bonds is 8. The number of carbonyl (C=O) groups is 2. The van der Waals surface area contributed by atoms with Gasteiger partial charge in [0.25, 0.3) is 0 Å². The third-order valence-corrected chi connectivity index (χ3v) is 8.25. The molecule has 0 bridgehead atoms. The molecule has 0 radical (unpaired) electrons. The summed E-state index contributed by atoms with van der Waals surface area (Å²) in [5, 5.41) is 3.46.